The molecule has 0 aromatic rings. The molecule has 0 bridgehead atoms. The molecule has 6 heteroatoms. The molecule has 1 aliphatic rings. The van der Waals surface area contributed by atoms with Gasteiger partial charge in [-0.3, -0.25) is 4.79 Å². The topological polar surface area (TPSA) is 78.9 Å². The van der Waals surface area contributed by atoms with Crippen LogP contribution < -0.4 is 5.32 Å². The third kappa shape index (κ3) is 5.92. The molecule has 1 aliphatic carbocycles. The van der Waals surface area contributed by atoms with Gasteiger partial charge in [0.15, 0.2) is 0 Å². The molecule has 0 radical (unpaired) electrons. The Bertz CT molecular complexity index is 305. The summed E-state index contributed by atoms with van der Waals surface area (Å²) in [5.41, 5.74) is 0. The summed E-state index contributed by atoms with van der Waals surface area (Å²) in [4.78, 5) is 24.7. The number of methoxy groups -OCH3 is 1. The van der Waals surface area contributed by atoms with E-state index in [1.807, 2.05) is 6.92 Å². The van der Waals surface area contributed by atoms with Crippen LogP contribution in [0, 0.1) is 0 Å². The lowest BCUT2D eigenvalue weighted by molar-refractivity contribution is -0.137. The Morgan fingerprint density at radius 3 is 2.63 bits per heavy atom. The molecule has 0 heterocycles. The second-order valence-corrected chi connectivity index (χ2v) is 4.95. The Hall–Kier alpha value is -1.30. The van der Waals surface area contributed by atoms with Crippen molar-refractivity contribution in [2.45, 2.75) is 51.1 Å². The van der Waals surface area contributed by atoms with Crippen LogP contribution in [0.2, 0.25) is 0 Å². The van der Waals surface area contributed by atoms with E-state index >= 15 is 0 Å². The number of nitrogens with zero attached hydrogens (tertiary/aromatic N) is 1. The van der Waals surface area contributed by atoms with E-state index in [4.69, 9.17) is 9.84 Å². The summed E-state index contributed by atoms with van der Waals surface area (Å²) in [6, 6.07) is -0.166. The maximum atomic E-state index is 12.2. The fourth-order valence-corrected chi connectivity index (χ4v) is 2.07. The Labute approximate surface area is 114 Å². The zero-order valence-electron chi connectivity index (χ0n) is 11.7. The first-order valence-corrected chi connectivity index (χ1v) is 6.86. The van der Waals surface area contributed by atoms with E-state index in [1.165, 1.54) is 0 Å². The number of carboxylic acids is 1. The molecule has 1 unspecified atom stereocenters. The predicted octanol–water partition coefficient (Wildman–Crippen LogP) is 1.45. The highest BCUT2D eigenvalue weighted by Gasteiger charge is 2.33. The predicted molar refractivity (Wildman–Crippen MR) is 71.1 cm³/mol. The number of hydrogen-bond acceptors (Lipinski definition) is 3. The summed E-state index contributed by atoms with van der Waals surface area (Å²) in [7, 11) is 1.60. The summed E-state index contributed by atoms with van der Waals surface area (Å²) in [5, 5.41) is 11.7. The van der Waals surface area contributed by atoms with Crippen LogP contribution in [0.25, 0.3) is 0 Å². The van der Waals surface area contributed by atoms with Gasteiger partial charge in [0.1, 0.15) is 0 Å². The minimum Gasteiger partial charge on any atom is -0.481 e. The third-order valence-corrected chi connectivity index (χ3v) is 3.17. The molecule has 6 nitrogen and oxygen atoms in total. The van der Waals surface area contributed by atoms with E-state index in [-0.39, 0.29) is 18.5 Å². The van der Waals surface area contributed by atoms with Crippen LogP contribution in [0.5, 0.6) is 0 Å². The van der Waals surface area contributed by atoms with E-state index in [0.29, 0.717) is 25.6 Å². The second-order valence-electron chi connectivity index (χ2n) is 4.95. The molecule has 0 aromatic carbocycles. The Morgan fingerprint density at radius 1 is 1.47 bits per heavy atom. The highest BCUT2D eigenvalue weighted by Crippen LogP contribution is 2.26. The first-order chi connectivity index (χ1) is 9.08. The SMILES string of the molecule is CCCC(CC(=O)O)NC(=O)N(CCOC)C1CC1. The molecule has 19 heavy (non-hydrogen) atoms. The van der Waals surface area contributed by atoms with Crippen molar-refractivity contribution in [2.75, 3.05) is 20.3 Å². The third-order valence-electron chi connectivity index (χ3n) is 3.17. The first-order valence-electron chi connectivity index (χ1n) is 6.86. The number of hydrogen-bond donors (Lipinski definition) is 2. The number of rotatable bonds is 9. The number of ether oxygens (including phenoxy) is 1. The van der Waals surface area contributed by atoms with Gasteiger partial charge >= 0.3 is 12.0 Å². The molecular formula is C13H24N2O4. The van der Waals surface area contributed by atoms with Crippen molar-refractivity contribution in [1.29, 1.82) is 0 Å². The van der Waals surface area contributed by atoms with Gasteiger partial charge in [-0.15, -0.1) is 0 Å². The minimum atomic E-state index is -0.881. The fraction of sp³-hybridized carbons (Fsp3) is 0.846. The highest BCUT2D eigenvalue weighted by molar-refractivity contribution is 5.76. The molecule has 1 atom stereocenters. The number of amides is 2. The van der Waals surface area contributed by atoms with Gasteiger partial charge in [0.25, 0.3) is 0 Å². The molecule has 1 rings (SSSR count). The summed E-state index contributed by atoms with van der Waals surface area (Å²) >= 11 is 0. The smallest absolute Gasteiger partial charge is 0.317 e. The van der Waals surface area contributed by atoms with Gasteiger partial charge in [-0.2, -0.15) is 0 Å². The summed E-state index contributed by atoms with van der Waals surface area (Å²) in [5.74, 6) is -0.881. The number of aliphatic carboxylic acids is 1. The van der Waals surface area contributed by atoms with Gasteiger partial charge in [0.05, 0.1) is 13.0 Å². The maximum absolute atomic E-state index is 12.2. The average molecular weight is 272 g/mol. The van der Waals surface area contributed by atoms with Crippen molar-refractivity contribution in [1.82, 2.24) is 10.2 Å². The van der Waals surface area contributed by atoms with Crippen molar-refractivity contribution in [3.05, 3.63) is 0 Å². The van der Waals surface area contributed by atoms with Crippen molar-refractivity contribution in [3.63, 3.8) is 0 Å². The lowest BCUT2D eigenvalue weighted by Gasteiger charge is -2.25. The number of nitrogens with one attached hydrogen (secondary N) is 1. The van der Waals surface area contributed by atoms with Gasteiger partial charge in [0.2, 0.25) is 0 Å². The summed E-state index contributed by atoms with van der Waals surface area (Å²) in [6.45, 7) is 3.03. The van der Waals surface area contributed by atoms with Crippen molar-refractivity contribution < 1.29 is 19.4 Å². The van der Waals surface area contributed by atoms with Gasteiger partial charge in [0, 0.05) is 25.7 Å². The average Bonchev–Trinajstić information content (AvgIpc) is 3.13. The Kier molecular flexibility index (Phi) is 6.62. The lowest BCUT2D eigenvalue weighted by atomic mass is 10.1. The largest absolute Gasteiger partial charge is 0.481 e. The van der Waals surface area contributed by atoms with Gasteiger partial charge < -0.3 is 20.1 Å². The molecular weight excluding hydrogens is 248 g/mol. The van der Waals surface area contributed by atoms with Crippen LogP contribution in [-0.4, -0.2) is 54.4 Å². The van der Waals surface area contributed by atoms with Gasteiger partial charge in [-0.25, -0.2) is 4.79 Å². The van der Waals surface area contributed by atoms with E-state index in [9.17, 15) is 9.59 Å². The molecule has 110 valence electrons. The van der Waals surface area contributed by atoms with Crippen LogP contribution in [0.15, 0.2) is 0 Å². The normalized spacial score (nSPS) is 15.9. The van der Waals surface area contributed by atoms with Crippen molar-refractivity contribution in [3.8, 4) is 0 Å². The van der Waals surface area contributed by atoms with Crippen molar-refractivity contribution >= 4 is 12.0 Å². The Morgan fingerprint density at radius 2 is 2.16 bits per heavy atom. The van der Waals surface area contributed by atoms with Crippen LogP contribution in [-0.2, 0) is 9.53 Å². The lowest BCUT2D eigenvalue weighted by Crippen LogP contribution is -2.47. The highest BCUT2D eigenvalue weighted by atomic mass is 16.5. The molecule has 0 saturated heterocycles. The number of carbonyl (C=O) groups excluding carboxylic acids is 1. The van der Waals surface area contributed by atoms with E-state index in [0.717, 1.165) is 19.3 Å². The molecule has 2 amide bonds. The second kappa shape index (κ2) is 7.99. The molecule has 2 N–H and O–H groups in total. The summed E-state index contributed by atoms with van der Waals surface area (Å²) < 4.78 is 5.00. The maximum Gasteiger partial charge on any atom is 0.317 e. The van der Waals surface area contributed by atoms with Gasteiger partial charge in [-0.1, -0.05) is 13.3 Å². The van der Waals surface area contributed by atoms with Crippen LogP contribution in [0.4, 0.5) is 4.79 Å². The van der Waals surface area contributed by atoms with E-state index in [2.05, 4.69) is 5.32 Å². The molecule has 1 saturated carbocycles. The number of carbonyl (C=O) groups is 2. The van der Waals surface area contributed by atoms with Crippen molar-refractivity contribution in [2.24, 2.45) is 0 Å². The summed E-state index contributed by atoms with van der Waals surface area (Å²) in [6.07, 6.45) is 3.55. The quantitative estimate of drug-likeness (QED) is 0.666. The molecule has 0 aliphatic heterocycles. The van der Waals surface area contributed by atoms with Crippen LogP contribution in [0.1, 0.15) is 39.0 Å². The number of urea groups is 1. The molecule has 0 aromatic heterocycles. The van der Waals surface area contributed by atoms with Gasteiger partial charge in [-0.05, 0) is 19.3 Å². The first kappa shape index (κ1) is 15.8. The zero-order chi connectivity index (χ0) is 14.3. The van der Waals surface area contributed by atoms with Crippen LogP contribution in [0.3, 0.4) is 0 Å². The number of carboxylic acid groups (broad SMARTS) is 1. The van der Waals surface area contributed by atoms with Crippen LogP contribution >= 0.6 is 0 Å². The fourth-order valence-electron chi connectivity index (χ4n) is 2.07. The minimum absolute atomic E-state index is 0.0254. The van der Waals surface area contributed by atoms with E-state index < -0.39 is 5.97 Å². The monoisotopic (exact) mass is 272 g/mol. The zero-order valence-corrected chi connectivity index (χ0v) is 11.7. The standard InChI is InChI=1S/C13H24N2O4/c1-3-4-10(9-12(16)17)14-13(18)15(7-8-19-2)11-5-6-11/h10-11H,3-9H2,1-2H3,(H,14,18)(H,16,17). The molecule has 1 fully saturated rings. The molecule has 0 spiro atoms. The Balaban J connectivity index is 2.49. The van der Waals surface area contributed by atoms with E-state index in [1.54, 1.807) is 12.0 Å².